The summed E-state index contributed by atoms with van der Waals surface area (Å²) in [4.78, 5) is 88.0. The maximum Gasteiger partial charge on any atom is 0.309 e. The van der Waals surface area contributed by atoms with E-state index in [1.165, 1.54) is 105 Å². The van der Waals surface area contributed by atoms with Gasteiger partial charge in [-0.15, -0.1) is 12.6 Å². The smallest absolute Gasteiger partial charge is 0.309 e. The molecule has 6 N–H and O–H groups in total. The molecule has 1 heterocycles. The summed E-state index contributed by atoms with van der Waals surface area (Å²) in [5.41, 5.74) is 4.31. The van der Waals surface area contributed by atoms with Gasteiger partial charge in [-0.2, -0.15) is 0 Å². The van der Waals surface area contributed by atoms with E-state index in [9.17, 15) is 38.7 Å². The van der Waals surface area contributed by atoms with Gasteiger partial charge in [0.05, 0.1) is 19.6 Å². The van der Waals surface area contributed by atoms with E-state index < -0.39 is 96.3 Å². The van der Waals surface area contributed by atoms with E-state index >= 15 is 0 Å². The number of unbranched alkanes of at least 4 members (excludes halogenated alkanes) is 18. The normalized spacial score (nSPS) is 20.0. The van der Waals surface area contributed by atoms with Crippen LogP contribution in [0, 0.1) is 0 Å². The second-order valence-electron chi connectivity index (χ2n) is 17.7. The molecule has 1 rings (SSSR count). The molecule has 0 aromatic rings. The standard InChI is InChI=1S/C48H86N4O13S/c1-7-9-11-13-15-17-18-20-21-23-25-27-36(64-40(55)28-26-24-22-19-16-14-12-10-8-2)31-41(56)62-32-38-43(57)44(42(48(66)65-38)51-35(5)53)63-34(4)47(60)50-33(3)46(59)52-37(45(49)58)29-30-39(54)61-6/h33-34,36-38,42-44,48,57,66H,7-32H2,1-6H3,(H2,49,58)(H,50,60)(H,51,53)(H,52,59)/t33-,34?,36+,37+,38+,42+,43+,44-,48-/m0/s1. The topological polar surface area (TPSA) is 248 Å². The van der Waals surface area contributed by atoms with Crippen molar-refractivity contribution in [2.24, 2.45) is 5.73 Å². The molecule has 9 atom stereocenters. The zero-order chi connectivity index (χ0) is 49.3. The van der Waals surface area contributed by atoms with Crippen molar-refractivity contribution >= 4 is 54.2 Å². The highest BCUT2D eigenvalue weighted by atomic mass is 32.1. The quantitative estimate of drug-likeness (QED) is 0.0176. The summed E-state index contributed by atoms with van der Waals surface area (Å²) in [6, 6.07) is -3.45. The van der Waals surface area contributed by atoms with Crippen LogP contribution >= 0.6 is 12.6 Å². The summed E-state index contributed by atoms with van der Waals surface area (Å²) in [5.74, 6) is -4.53. The van der Waals surface area contributed by atoms with Crippen LogP contribution in [-0.2, 0) is 57.2 Å². The molecular formula is C48H86N4O13S. The van der Waals surface area contributed by atoms with Crippen molar-refractivity contribution in [3.05, 3.63) is 0 Å². The van der Waals surface area contributed by atoms with Gasteiger partial charge in [-0.3, -0.25) is 33.6 Å². The number of esters is 3. The lowest BCUT2D eigenvalue weighted by atomic mass is 9.97. The maximum atomic E-state index is 13.3. The number of carbonyl (C=O) groups excluding carboxylic acids is 7. The van der Waals surface area contributed by atoms with Crippen molar-refractivity contribution in [3.63, 3.8) is 0 Å². The monoisotopic (exact) mass is 959 g/mol. The Morgan fingerprint density at radius 3 is 1.74 bits per heavy atom. The van der Waals surface area contributed by atoms with Crippen LogP contribution in [-0.4, -0.2) is 114 Å². The fourth-order valence-corrected chi connectivity index (χ4v) is 8.15. The van der Waals surface area contributed by atoms with Crippen molar-refractivity contribution in [2.45, 2.75) is 249 Å². The summed E-state index contributed by atoms with van der Waals surface area (Å²) in [7, 11) is 1.18. The Kier molecular flexibility index (Phi) is 33.5. The van der Waals surface area contributed by atoms with Crippen molar-refractivity contribution < 1.29 is 62.4 Å². The third kappa shape index (κ3) is 27.4. The molecule has 0 bridgehead atoms. The molecule has 1 unspecified atom stereocenters. The Labute approximate surface area is 400 Å². The van der Waals surface area contributed by atoms with Crippen LogP contribution < -0.4 is 21.7 Å². The predicted octanol–water partition coefficient (Wildman–Crippen LogP) is 6.18. The lowest BCUT2D eigenvalue weighted by molar-refractivity contribution is -0.204. The highest BCUT2D eigenvalue weighted by Gasteiger charge is 2.47. The molecule has 1 fully saturated rings. The number of nitrogens with two attached hydrogens (primary N) is 1. The SMILES string of the molecule is CCCCCCCCCCCCC[C@H](CC(=O)OC[C@H]1O[C@@H](S)[C@H](NC(C)=O)[C@H](OC(C)C(=O)N[C@@H](C)C(=O)N[C@H](CCC(=O)OC)C(N)=O)[C@@H]1O)OC(=O)CCCCCCCCCCC. The number of amides is 4. The van der Waals surface area contributed by atoms with Crippen molar-refractivity contribution in [1.29, 1.82) is 0 Å². The highest BCUT2D eigenvalue weighted by Crippen LogP contribution is 2.28. The largest absolute Gasteiger partial charge is 0.469 e. The number of primary amides is 1. The third-order valence-corrected chi connectivity index (χ3v) is 12.2. The molecule has 1 aliphatic heterocycles. The van der Waals surface area contributed by atoms with Gasteiger partial charge in [-0.1, -0.05) is 129 Å². The minimum absolute atomic E-state index is 0.117. The fourth-order valence-electron chi connectivity index (χ4n) is 7.75. The van der Waals surface area contributed by atoms with E-state index in [2.05, 4.69) is 47.2 Å². The predicted molar refractivity (Wildman–Crippen MR) is 254 cm³/mol. The second-order valence-corrected chi connectivity index (χ2v) is 18.2. The lowest BCUT2D eigenvalue weighted by Gasteiger charge is -2.43. The fraction of sp³-hybridized carbons (Fsp3) is 0.854. The third-order valence-electron chi connectivity index (χ3n) is 11.8. The van der Waals surface area contributed by atoms with Crippen LogP contribution in [0.15, 0.2) is 0 Å². The number of aliphatic hydroxyl groups is 1. The van der Waals surface area contributed by atoms with E-state index in [0.29, 0.717) is 6.42 Å². The average molecular weight is 959 g/mol. The zero-order valence-electron chi connectivity index (χ0n) is 41.0. The van der Waals surface area contributed by atoms with Crippen LogP contribution in [0.2, 0.25) is 0 Å². The molecule has 18 heteroatoms. The summed E-state index contributed by atoms with van der Waals surface area (Å²) in [6.45, 7) is 7.96. The van der Waals surface area contributed by atoms with Gasteiger partial charge in [-0.05, 0) is 39.5 Å². The number of ether oxygens (including phenoxy) is 5. The van der Waals surface area contributed by atoms with E-state index in [-0.39, 0.29) is 31.7 Å². The van der Waals surface area contributed by atoms with Gasteiger partial charge in [0.1, 0.15) is 54.6 Å². The molecule has 382 valence electrons. The van der Waals surface area contributed by atoms with Crippen molar-refractivity contribution in [3.8, 4) is 0 Å². The molecule has 0 spiro atoms. The van der Waals surface area contributed by atoms with Crippen LogP contribution in [0.4, 0.5) is 0 Å². The zero-order valence-corrected chi connectivity index (χ0v) is 41.8. The van der Waals surface area contributed by atoms with E-state index in [1.54, 1.807) is 0 Å². The summed E-state index contributed by atoms with van der Waals surface area (Å²) in [6.07, 6.45) is 17.1. The van der Waals surface area contributed by atoms with Gasteiger partial charge >= 0.3 is 17.9 Å². The van der Waals surface area contributed by atoms with Gasteiger partial charge < -0.3 is 50.5 Å². The Balaban J connectivity index is 2.89. The molecule has 0 radical (unpaired) electrons. The number of carbonyl (C=O) groups is 7. The molecule has 4 amide bonds. The first-order chi connectivity index (χ1) is 31.5. The molecule has 0 aliphatic carbocycles. The second kappa shape index (κ2) is 36.5. The molecule has 66 heavy (non-hydrogen) atoms. The number of hydrogen-bond donors (Lipinski definition) is 6. The summed E-state index contributed by atoms with van der Waals surface area (Å²) >= 11 is 4.48. The molecule has 0 saturated carbocycles. The number of nitrogens with one attached hydrogen (secondary N) is 3. The Morgan fingerprint density at radius 1 is 0.697 bits per heavy atom. The molecule has 0 aromatic carbocycles. The van der Waals surface area contributed by atoms with Gasteiger partial charge in [0, 0.05) is 19.8 Å². The Bertz CT molecular complexity index is 1420. The van der Waals surface area contributed by atoms with Crippen LogP contribution in [0.5, 0.6) is 0 Å². The Morgan fingerprint density at radius 2 is 1.23 bits per heavy atom. The molecule has 1 aliphatic rings. The number of rotatable bonds is 38. The summed E-state index contributed by atoms with van der Waals surface area (Å²) < 4.78 is 27.9. The first kappa shape index (κ1) is 60.5. The highest BCUT2D eigenvalue weighted by molar-refractivity contribution is 7.80. The van der Waals surface area contributed by atoms with E-state index in [4.69, 9.17) is 24.7 Å². The number of methoxy groups -OCH3 is 1. The van der Waals surface area contributed by atoms with Gasteiger partial charge in [0.15, 0.2) is 0 Å². The molecular weight excluding hydrogens is 873 g/mol. The Hall–Kier alpha value is -3.48. The molecule has 17 nitrogen and oxygen atoms in total. The van der Waals surface area contributed by atoms with Gasteiger partial charge in [0.25, 0.3) is 0 Å². The van der Waals surface area contributed by atoms with Crippen molar-refractivity contribution in [2.75, 3.05) is 13.7 Å². The number of hydrogen-bond acceptors (Lipinski definition) is 14. The molecule has 0 aromatic heterocycles. The van der Waals surface area contributed by atoms with Crippen molar-refractivity contribution in [1.82, 2.24) is 16.0 Å². The lowest BCUT2D eigenvalue weighted by Crippen LogP contribution is -2.64. The number of thiol groups is 1. The first-order valence-corrected chi connectivity index (χ1v) is 25.3. The maximum absolute atomic E-state index is 13.3. The minimum atomic E-state index is -1.54. The van der Waals surface area contributed by atoms with Gasteiger partial charge in [0.2, 0.25) is 23.6 Å². The van der Waals surface area contributed by atoms with E-state index in [1.807, 2.05) is 0 Å². The van der Waals surface area contributed by atoms with Crippen LogP contribution in [0.25, 0.3) is 0 Å². The minimum Gasteiger partial charge on any atom is -0.469 e. The average Bonchev–Trinajstić information content (AvgIpc) is 3.27. The van der Waals surface area contributed by atoms with Gasteiger partial charge in [-0.25, -0.2) is 0 Å². The first-order valence-electron chi connectivity index (χ1n) is 24.8. The number of aliphatic hydroxyl groups excluding tert-OH is 1. The summed E-state index contributed by atoms with van der Waals surface area (Å²) in [5, 5.41) is 19.0. The van der Waals surface area contributed by atoms with Crippen LogP contribution in [0.3, 0.4) is 0 Å². The van der Waals surface area contributed by atoms with E-state index in [0.717, 1.165) is 51.4 Å². The van der Waals surface area contributed by atoms with Crippen LogP contribution in [0.1, 0.15) is 195 Å². The molecule has 1 saturated heterocycles.